The van der Waals surface area contributed by atoms with E-state index in [1.165, 1.54) is 11.8 Å². The fourth-order valence-corrected chi connectivity index (χ4v) is 3.46. The molecule has 0 saturated carbocycles. The lowest BCUT2D eigenvalue weighted by molar-refractivity contribution is -0.127. The molecule has 140 valence electrons. The molecule has 0 aliphatic heterocycles. The second kappa shape index (κ2) is 8.68. The number of rotatable bonds is 7. The highest BCUT2D eigenvalue weighted by Crippen LogP contribution is 2.22. The van der Waals surface area contributed by atoms with Gasteiger partial charge < -0.3 is 9.64 Å². The second-order valence-corrected chi connectivity index (χ2v) is 6.95. The Balaban J connectivity index is 1.65. The van der Waals surface area contributed by atoms with Crippen LogP contribution in [0.15, 0.2) is 53.7 Å². The van der Waals surface area contributed by atoms with E-state index in [0.29, 0.717) is 11.7 Å². The van der Waals surface area contributed by atoms with Gasteiger partial charge >= 0.3 is 0 Å². The molecule has 27 heavy (non-hydrogen) atoms. The summed E-state index contributed by atoms with van der Waals surface area (Å²) in [5.41, 5.74) is 2.93. The molecule has 0 radical (unpaired) electrons. The van der Waals surface area contributed by atoms with Gasteiger partial charge in [-0.25, -0.2) is 0 Å². The molecule has 0 N–H and O–H groups in total. The van der Waals surface area contributed by atoms with Crippen LogP contribution >= 0.6 is 11.8 Å². The number of ether oxygens (including phenoxy) is 1. The van der Waals surface area contributed by atoms with Gasteiger partial charge in [0.2, 0.25) is 11.1 Å². The minimum atomic E-state index is -0.00904. The highest BCUT2D eigenvalue weighted by molar-refractivity contribution is 7.99. The predicted molar refractivity (Wildman–Crippen MR) is 104 cm³/mol. The minimum Gasteiger partial charge on any atom is -0.496 e. The molecule has 0 aliphatic carbocycles. The maximum absolute atomic E-state index is 12.5. The Hall–Kier alpha value is -2.87. The third kappa shape index (κ3) is 4.46. The van der Waals surface area contributed by atoms with Gasteiger partial charge in [-0.05, 0) is 35.0 Å². The van der Waals surface area contributed by atoms with Crippen molar-refractivity contribution in [1.82, 2.24) is 25.1 Å². The summed E-state index contributed by atoms with van der Waals surface area (Å²) in [5.74, 6) is 1.01. The van der Waals surface area contributed by atoms with Gasteiger partial charge in [-0.3, -0.25) is 4.79 Å². The van der Waals surface area contributed by atoms with Crippen LogP contribution in [0.5, 0.6) is 5.75 Å². The number of para-hydroxylation sites is 2. The van der Waals surface area contributed by atoms with Crippen molar-refractivity contribution in [2.24, 2.45) is 0 Å². The predicted octanol–water partition coefficient (Wildman–Crippen LogP) is 2.73. The summed E-state index contributed by atoms with van der Waals surface area (Å²) >= 11 is 1.32. The molecule has 1 heterocycles. The molecular formula is C19H21N5O2S. The first-order valence-corrected chi connectivity index (χ1v) is 9.41. The SMILES string of the molecule is COc1ccccc1CN(C)C(=O)CSc1nnnn1-c1ccccc1C. The molecular weight excluding hydrogens is 362 g/mol. The Bertz CT molecular complexity index is 928. The van der Waals surface area contributed by atoms with Crippen molar-refractivity contribution in [2.45, 2.75) is 18.6 Å². The topological polar surface area (TPSA) is 73.1 Å². The molecule has 0 fully saturated rings. The number of amides is 1. The third-order valence-corrected chi connectivity index (χ3v) is 5.04. The van der Waals surface area contributed by atoms with Gasteiger partial charge in [0.15, 0.2) is 0 Å². The summed E-state index contributed by atoms with van der Waals surface area (Å²) < 4.78 is 7.01. The van der Waals surface area contributed by atoms with Gasteiger partial charge in [0.1, 0.15) is 5.75 Å². The average molecular weight is 383 g/mol. The fraction of sp³-hybridized carbons (Fsp3) is 0.263. The van der Waals surface area contributed by atoms with Crippen molar-refractivity contribution in [3.05, 3.63) is 59.7 Å². The van der Waals surface area contributed by atoms with Crippen molar-refractivity contribution in [2.75, 3.05) is 19.9 Å². The van der Waals surface area contributed by atoms with E-state index in [-0.39, 0.29) is 11.7 Å². The van der Waals surface area contributed by atoms with Crippen molar-refractivity contribution >= 4 is 17.7 Å². The van der Waals surface area contributed by atoms with Gasteiger partial charge in [0.05, 0.1) is 18.6 Å². The first kappa shape index (κ1) is 18.9. The van der Waals surface area contributed by atoms with Crippen LogP contribution in [0.2, 0.25) is 0 Å². The van der Waals surface area contributed by atoms with Crippen molar-refractivity contribution in [1.29, 1.82) is 0 Å². The summed E-state index contributed by atoms with van der Waals surface area (Å²) in [7, 11) is 3.40. The van der Waals surface area contributed by atoms with Crippen LogP contribution in [0.4, 0.5) is 0 Å². The number of aromatic nitrogens is 4. The van der Waals surface area contributed by atoms with Crippen LogP contribution in [0.1, 0.15) is 11.1 Å². The van der Waals surface area contributed by atoms with E-state index in [4.69, 9.17) is 4.74 Å². The molecule has 0 spiro atoms. The lowest BCUT2D eigenvalue weighted by Crippen LogP contribution is -2.28. The average Bonchev–Trinajstić information content (AvgIpc) is 3.15. The fourth-order valence-electron chi connectivity index (χ4n) is 2.63. The van der Waals surface area contributed by atoms with E-state index in [1.807, 2.05) is 55.5 Å². The van der Waals surface area contributed by atoms with E-state index < -0.39 is 0 Å². The standard InChI is InChI=1S/C19H21N5O2S/c1-14-8-4-6-10-16(14)24-19(20-21-22-24)27-13-18(25)23(2)12-15-9-5-7-11-17(15)26-3/h4-11H,12-13H2,1-3H3. The number of hydrogen-bond donors (Lipinski definition) is 0. The number of hydrogen-bond acceptors (Lipinski definition) is 6. The first-order valence-electron chi connectivity index (χ1n) is 8.43. The number of carbonyl (C=O) groups is 1. The van der Waals surface area contributed by atoms with E-state index in [0.717, 1.165) is 22.6 Å². The highest BCUT2D eigenvalue weighted by Gasteiger charge is 2.16. The highest BCUT2D eigenvalue weighted by atomic mass is 32.2. The largest absolute Gasteiger partial charge is 0.496 e. The molecule has 0 unspecified atom stereocenters. The Morgan fingerprint density at radius 2 is 1.93 bits per heavy atom. The molecule has 0 bridgehead atoms. The molecule has 1 amide bonds. The number of benzene rings is 2. The van der Waals surface area contributed by atoms with Gasteiger partial charge in [0, 0.05) is 19.2 Å². The van der Waals surface area contributed by atoms with Crippen molar-refractivity contribution in [3.8, 4) is 11.4 Å². The van der Waals surface area contributed by atoms with Gasteiger partial charge in [-0.2, -0.15) is 4.68 Å². The Kier molecular flexibility index (Phi) is 6.08. The Labute approximate surface area is 162 Å². The van der Waals surface area contributed by atoms with E-state index in [2.05, 4.69) is 15.5 Å². The van der Waals surface area contributed by atoms with Crippen LogP contribution in [-0.2, 0) is 11.3 Å². The lowest BCUT2D eigenvalue weighted by atomic mass is 10.2. The zero-order chi connectivity index (χ0) is 19.2. The van der Waals surface area contributed by atoms with E-state index >= 15 is 0 Å². The van der Waals surface area contributed by atoms with Gasteiger partial charge in [-0.1, -0.05) is 48.2 Å². The quantitative estimate of drug-likeness (QED) is 0.584. The third-order valence-electron chi connectivity index (χ3n) is 4.14. The number of aryl methyl sites for hydroxylation is 1. The zero-order valence-corrected chi connectivity index (χ0v) is 16.3. The minimum absolute atomic E-state index is 0.00904. The van der Waals surface area contributed by atoms with Crippen LogP contribution < -0.4 is 4.74 Å². The van der Waals surface area contributed by atoms with Crippen LogP contribution in [0.3, 0.4) is 0 Å². The zero-order valence-electron chi connectivity index (χ0n) is 15.5. The lowest BCUT2D eigenvalue weighted by Gasteiger charge is -2.18. The summed E-state index contributed by atoms with van der Waals surface area (Å²) in [6.45, 7) is 2.48. The second-order valence-electron chi connectivity index (χ2n) is 6.01. The molecule has 2 aromatic carbocycles. The van der Waals surface area contributed by atoms with Crippen LogP contribution in [0, 0.1) is 6.92 Å². The molecule has 7 nitrogen and oxygen atoms in total. The number of carbonyl (C=O) groups excluding carboxylic acids is 1. The molecule has 3 aromatic rings. The molecule has 0 atom stereocenters. The molecule has 1 aromatic heterocycles. The molecule has 0 aliphatic rings. The first-order chi connectivity index (χ1) is 13.1. The van der Waals surface area contributed by atoms with Gasteiger partial charge in [-0.15, -0.1) is 5.10 Å². The monoisotopic (exact) mass is 383 g/mol. The number of methoxy groups -OCH3 is 1. The normalized spacial score (nSPS) is 10.6. The number of thioether (sulfide) groups is 1. The molecule has 8 heteroatoms. The summed E-state index contributed by atoms with van der Waals surface area (Å²) in [5, 5.41) is 12.4. The summed E-state index contributed by atoms with van der Waals surface area (Å²) in [6.07, 6.45) is 0. The van der Waals surface area contributed by atoms with E-state index in [1.54, 1.807) is 23.7 Å². The Morgan fingerprint density at radius 3 is 2.70 bits per heavy atom. The number of nitrogens with zero attached hydrogens (tertiary/aromatic N) is 5. The maximum Gasteiger partial charge on any atom is 0.233 e. The van der Waals surface area contributed by atoms with Crippen molar-refractivity contribution < 1.29 is 9.53 Å². The Morgan fingerprint density at radius 1 is 1.19 bits per heavy atom. The maximum atomic E-state index is 12.5. The molecule has 0 saturated heterocycles. The summed E-state index contributed by atoms with van der Waals surface area (Å²) in [6, 6.07) is 15.5. The van der Waals surface area contributed by atoms with E-state index in [9.17, 15) is 4.79 Å². The number of tetrazole rings is 1. The van der Waals surface area contributed by atoms with Crippen molar-refractivity contribution in [3.63, 3.8) is 0 Å². The smallest absolute Gasteiger partial charge is 0.233 e. The summed E-state index contributed by atoms with van der Waals surface area (Å²) in [4.78, 5) is 14.2. The van der Waals surface area contributed by atoms with Crippen LogP contribution in [-0.4, -0.2) is 50.9 Å². The van der Waals surface area contributed by atoms with Crippen LogP contribution in [0.25, 0.3) is 5.69 Å². The van der Waals surface area contributed by atoms with Gasteiger partial charge in [0.25, 0.3) is 0 Å². The molecule has 3 rings (SSSR count).